The highest BCUT2D eigenvalue weighted by molar-refractivity contribution is 5.68. The Morgan fingerprint density at radius 2 is 1.82 bits per heavy atom. The van der Waals surface area contributed by atoms with Crippen LogP contribution >= 0.6 is 0 Å². The topological polar surface area (TPSA) is 55.6 Å². The summed E-state index contributed by atoms with van der Waals surface area (Å²) in [7, 11) is 0. The zero-order valence-electron chi connectivity index (χ0n) is 11.4. The maximum Gasteiger partial charge on any atom is 0.410 e. The van der Waals surface area contributed by atoms with Gasteiger partial charge in [0.2, 0.25) is 0 Å². The van der Waals surface area contributed by atoms with Gasteiger partial charge in [0.1, 0.15) is 5.60 Å². The lowest BCUT2D eigenvalue weighted by Gasteiger charge is -2.23. The third-order valence-electron chi connectivity index (χ3n) is 2.79. The van der Waals surface area contributed by atoms with Gasteiger partial charge >= 0.3 is 6.09 Å². The van der Waals surface area contributed by atoms with Gasteiger partial charge in [-0.2, -0.15) is 0 Å². The molecular formula is C13H26N2O2. The summed E-state index contributed by atoms with van der Waals surface area (Å²) in [5, 5.41) is 0. The van der Waals surface area contributed by atoms with Crippen molar-refractivity contribution in [1.82, 2.24) is 4.90 Å². The highest BCUT2D eigenvalue weighted by Gasteiger charge is 2.23. The quantitative estimate of drug-likeness (QED) is 0.768. The Bertz CT molecular complexity index is 238. The maximum atomic E-state index is 11.4. The number of nitrogens with zero attached hydrogens (tertiary/aromatic N) is 1. The first kappa shape index (κ1) is 14.3. The van der Waals surface area contributed by atoms with E-state index in [1.165, 1.54) is 12.8 Å². The SMILES string of the molecule is CC(C)(C)OC(=O)N1CCCC1.NCC1CC1. The number of hydrogen-bond acceptors (Lipinski definition) is 3. The van der Waals surface area contributed by atoms with Gasteiger partial charge in [0.15, 0.2) is 0 Å². The number of hydrogen-bond donors (Lipinski definition) is 1. The summed E-state index contributed by atoms with van der Waals surface area (Å²) in [5.74, 6) is 0.912. The summed E-state index contributed by atoms with van der Waals surface area (Å²) in [6.45, 7) is 8.30. The van der Waals surface area contributed by atoms with E-state index in [4.69, 9.17) is 10.5 Å². The van der Waals surface area contributed by atoms with Crippen molar-refractivity contribution in [1.29, 1.82) is 0 Å². The molecule has 0 unspecified atom stereocenters. The highest BCUT2D eigenvalue weighted by Crippen LogP contribution is 2.26. The first-order valence-electron chi connectivity index (χ1n) is 6.60. The second-order valence-corrected chi connectivity index (χ2v) is 5.85. The van der Waals surface area contributed by atoms with Gasteiger partial charge in [0.05, 0.1) is 0 Å². The molecule has 0 atom stereocenters. The third kappa shape index (κ3) is 6.51. The molecule has 1 saturated heterocycles. The van der Waals surface area contributed by atoms with Crippen LogP contribution in [0.5, 0.6) is 0 Å². The van der Waals surface area contributed by atoms with Gasteiger partial charge in [-0.25, -0.2) is 4.79 Å². The number of nitrogens with two attached hydrogens (primary N) is 1. The lowest BCUT2D eigenvalue weighted by atomic mass is 10.2. The van der Waals surface area contributed by atoms with Crippen molar-refractivity contribution in [3.63, 3.8) is 0 Å². The Morgan fingerprint density at radius 3 is 2.12 bits per heavy atom. The molecule has 2 rings (SSSR count). The Morgan fingerprint density at radius 1 is 1.29 bits per heavy atom. The van der Waals surface area contributed by atoms with E-state index in [-0.39, 0.29) is 11.7 Å². The van der Waals surface area contributed by atoms with Crippen LogP contribution in [0, 0.1) is 5.92 Å². The molecule has 0 radical (unpaired) electrons. The number of rotatable bonds is 1. The van der Waals surface area contributed by atoms with Gasteiger partial charge in [-0.15, -0.1) is 0 Å². The zero-order valence-corrected chi connectivity index (χ0v) is 11.4. The molecule has 2 N–H and O–H groups in total. The molecule has 2 aliphatic rings. The summed E-state index contributed by atoms with van der Waals surface area (Å²) in [5.41, 5.74) is 4.87. The fourth-order valence-corrected chi connectivity index (χ4v) is 1.58. The van der Waals surface area contributed by atoms with Gasteiger partial charge in [0.25, 0.3) is 0 Å². The normalized spacial score (nSPS) is 19.6. The minimum absolute atomic E-state index is 0.167. The molecule has 1 heterocycles. The van der Waals surface area contributed by atoms with Crippen molar-refractivity contribution in [2.45, 2.75) is 52.1 Å². The summed E-state index contributed by atoms with van der Waals surface area (Å²) >= 11 is 0. The number of likely N-dealkylation sites (tertiary alicyclic amines) is 1. The molecular weight excluding hydrogens is 216 g/mol. The van der Waals surface area contributed by atoms with Crippen molar-refractivity contribution >= 4 is 6.09 Å². The van der Waals surface area contributed by atoms with Crippen molar-refractivity contribution in [2.75, 3.05) is 19.6 Å². The molecule has 17 heavy (non-hydrogen) atoms. The van der Waals surface area contributed by atoms with E-state index >= 15 is 0 Å². The molecule has 0 aromatic carbocycles. The predicted molar refractivity (Wildman–Crippen MR) is 68.8 cm³/mol. The van der Waals surface area contributed by atoms with E-state index in [0.717, 1.165) is 38.4 Å². The first-order chi connectivity index (χ1) is 7.92. The molecule has 1 amide bonds. The third-order valence-corrected chi connectivity index (χ3v) is 2.79. The molecule has 4 nitrogen and oxygen atoms in total. The average Bonchev–Trinajstić information content (AvgIpc) is 2.90. The monoisotopic (exact) mass is 242 g/mol. The molecule has 1 aliphatic carbocycles. The zero-order chi connectivity index (χ0) is 12.9. The molecule has 1 aliphatic heterocycles. The second kappa shape index (κ2) is 6.24. The lowest BCUT2D eigenvalue weighted by molar-refractivity contribution is 0.0295. The van der Waals surface area contributed by atoms with E-state index in [1.807, 2.05) is 20.8 Å². The van der Waals surface area contributed by atoms with Crippen LogP contribution in [0.4, 0.5) is 4.79 Å². The summed E-state index contributed by atoms with van der Waals surface area (Å²) in [4.78, 5) is 13.1. The van der Waals surface area contributed by atoms with Crippen molar-refractivity contribution in [3.05, 3.63) is 0 Å². The highest BCUT2D eigenvalue weighted by atomic mass is 16.6. The molecule has 4 heteroatoms. The molecule has 0 bridgehead atoms. The number of ether oxygens (including phenoxy) is 1. The van der Waals surface area contributed by atoms with E-state index < -0.39 is 0 Å². The lowest BCUT2D eigenvalue weighted by Crippen LogP contribution is -2.34. The van der Waals surface area contributed by atoms with Gasteiger partial charge in [-0.1, -0.05) is 0 Å². The Labute approximate surface area is 104 Å². The van der Waals surface area contributed by atoms with Crippen LogP contribution in [0.25, 0.3) is 0 Å². The van der Waals surface area contributed by atoms with Gasteiger partial charge in [0, 0.05) is 13.1 Å². The smallest absolute Gasteiger partial charge is 0.410 e. The molecule has 1 saturated carbocycles. The number of carbonyl (C=O) groups is 1. The Hall–Kier alpha value is -0.770. The van der Waals surface area contributed by atoms with E-state index in [0.29, 0.717) is 0 Å². The largest absolute Gasteiger partial charge is 0.444 e. The Kier molecular flexibility index (Phi) is 5.25. The van der Waals surface area contributed by atoms with Crippen LogP contribution in [-0.2, 0) is 4.74 Å². The molecule has 0 aromatic rings. The first-order valence-corrected chi connectivity index (χ1v) is 6.60. The summed E-state index contributed by atoms with van der Waals surface area (Å²) in [6.07, 6.45) is 4.82. The van der Waals surface area contributed by atoms with Crippen molar-refractivity contribution in [3.8, 4) is 0 Å². The van der Waals surface area contributed by atoms with Crippen LogP contribution in [0.15, 0.2) is 0 Å². The van der Waals surface area contributed by atoms with Gasteiger partial charge in [-0.3, -0.25) is 0 Å². The van der Waals surface area contributed by atoms with Crippen LogP contribution in [0.3, 0.4) is 0 Å². The molecule has 100 valence electrons. The van der Waals surface area contributed by atoms with Crippen molar-refractivity contribution in [2.24, 2.45) is 11.7 Å². The predicted octanol–water partition coefficient (Wildman–Crippen LogP) is 2.37. The fourth-order valence-electron chi connectivity index (χ4n) is 1.58. The van der Waals surface area contributed by atoms with Crippen LogP contribution < -0.4 is 5.73 Å². The number of carbonyl (C=O) groups excluding carboxylic acids is 1. The summed E-state index contributed by atoms with van der Waals surface area (Å²) < 4.78 is 5.21. The summed E-state index contributed by atoms with van der Waals surface area (Å²) in [6, 6.07) is 0. The maximum absolute atomic E-state index is 11.4. The molecule has 0 aromatic heterocycles. The molecule has 0 spiro atoms. The van der Waals surface area contributed by atoms with Gasteiger partial charge in [-0.05, 0) is 58.9 Å². The van der Waals surface area contributed by atoms with Crippen LogP contribution in [-0.4, -0.2) is 36.2 Å². The number of amides is 1. The minimum Gasteiger partial charge on any atom is -0.444 e. The van der Waals surface area contributed by atoms with Crippen molar-refractivity contribution < 1.29 is 9.53 Å². The van der Waals surface area contributed by atoms with E-state index in [1.54, 1.807) is 4.90 Å². The average molecular weight is 242 g/mol. The minimum atomic E-state index is -0.361. The van der Waals surface area contributed by atoms with Crippen LogP contribution in [0.2, 0.25) is 0 Å². The Balaban J connectivity index is 0.000000239. The van der Waals surface area contributed by atoms with E-state index in [9.17, 15) is 4.79 Å². The fraction of sp³-hybridized carbons (Fsp3) is 0.923. The van der Waals surface area contributed by atoms with E-state index in [2.05, 4.69) is 0 Å². The molecule has 2 fully saturated rings. The van der Waals surface area contributed by atoms with Gasteiger partial charge < -0.3 is 15.4 Å². The standard InChI is InChI=1S/C9H17NO2.C4H9N/c1-9(2,3)12-8(11)10-6-4-5-7-10;5-3-4-1-2-4/h4-7H2,1-3H3;4H,1-3,5H2. The second-order valence-electron chi connectivity index (χ2n) is 5.85. The van der Waals surface area contributed by atoms with Crippen LogP contribution in [0.1, 0.15) is 46.5 Å².